The highest BCUT2D eigenvalue weighted by Crippen LogP contribution is 2.15. The maximum Gasteiger partial charge on any atom is 0.328 e. The number of rotatable bonds is 7. The lowest BCUT2D eigenvalue weighted by Crippen LogP contribution is -2.41. The predicted molar refractivity (Wildman–Crippen MR) is 104 cm³/mol. The summed E-state index contributed by atoms with van der Waals surface area (Å²) in [6, 6.07) is 15.4. The number of hydrogen-bond donors (Lipinski definition) is 2. The summed E-state index contributed by atoms with van der Waals surface area (Å²) in [6.07, 6.45) is 3.94. The molecular formula is C21H22N2O4. The Labute approximate surface area is 158 Å². The molecule has 0 aliphatic rings. The number of methoxy groups -OCH3 is 1. The second-order valence-electron chi connectivity index (χ2n) is 5.82. The zero-order valence-electron chi connectivity index (χ0n) is 15.3. The minimum Gasteiger partial charge on any atom is -0.467 e. The Kier molecular flexibility index (Phi) is 7.31. The van der Waals surface area contributed by atoms with Crippen LogP contribution in [0.2, 0.25) is 0 Å². The molecule has 0 spiro atoms. The molecular weight excluding hydrogens is 344 g/mol. The highest BCUT2D eigenvalue weighted by molar-refractivity contribution is 6.04. The largest absolute Gasteiger partial charge is 0.467 e. The second-order valence-corrected chi connectivity index (χ2v) is 5.82. The van der Waals surface area contributed by atoms with Crippen molar-refractivity contribution in [3.05, 3.63) is 71.8 Å². The third-order valence-corrected chi connectivity index (χ3v) is 3.76. The van der Waals surface area contributed by atoms with E-state index < -0.39 is 17.9 Å². The van der Waals surface area contributed by atoms with E-state index in [-0.39, 0.29) is 17.9 Å². The van der Waals surface area contributed by atoms with Gasteiger partial charge in [0.15, 0.2) is 0 Å². The van der Waals surface area contributed by atoms with Crippen molar-refractivity contribution in [3.63, 3.8) is 0 Å². The topological polar surface area (TPSA) is 84.5 Å². The van der Waals surface area contributed by atoms with Gasteiger partial charge in [0, 0.05) is 6.92 Å². The Morgan fingerprint density at radius 2 is 1.70 bits per heavy atom. The Hall–Kier alpha value is -3.41. The number of carbonyl (C=O) groups is 3. The molecule has 0 aliphatic carbocycles. The Morgan fingerprint density at radius 3 is 2.37 bits per heavy atom. The number of benzene rings is 2. The fourth-order valence-electron chi connectivity index (χ4n) is 2.48. The average Bonchev–Trinajstić information content (AvgIpc) is 2.67. The van der Waals surface area contributed by atoms with Crippen LogP contribution in [0.1, 0.15) is 29.3 Å². The monoisotopic (exact) mass is 366 g/mol. The summed E-state index contributed by atoms with van der Waals surface area (Å²) in [5.41, 5.74) is 1.64. The smallest absolute Gasteiger partial charge is 0.328 e. The van der Waals surface area contributed by atoms with Crippen LogP contribution in [-0.2, 0) is 14.3 Å². The third kappa shape index (κ3) is 6.11. The molecule has 6 heteroatoms. The molecule has 2 aromatic rings. The predicted octanol–water partition coefficient (Wildman–Crippen LogP) is 3.02. The van der Waals surface area contributed by atoms with Gasteiger partial charge in [-0.3, -0.25) is 9.59 Å². The quantitative estimate of drug-likeness (QED) is 0.738. The van der Waals surface area contributed by atoms with Gasteiger partial charge in [0.2, 0.25) is 5.91 Å². The fraction of sp³-hybridized carbons (Fsp3) is 0.190. The molecule has 2 rings (SSSR count). The lowest BCUT2D eigenvalue weighted by atomic mass is 10.1. The van der Waals surface area contributed by atoms with Crippen molar-refractivity contribution in [1.29, 1.82) is 0 Å². The summed E-state index contributed by atoms with van der Waals surface area (Å²) in [4.78, 5) is 36.0. The molecule has 0 unspecified atom stereocenters. The summed E-state index contributed by atoms with van der Waals surface area (Å²) >= 11 is 0. The molecule has 0 saturated heterocycles. The SMILES string of the molecule is COC(=O)[C@H](C/C=C/c1ccccc1)NC(=O)c1ccccc1NC(C)=O. The molecule has 0 heterocycles. The molecule has 0 bridgehead atoms. The molecule has 140 valence electrons. The van der Waals surface area contributed by atoms with Crippen LogP contribution in [0, 0.1) is 0 Å². The lowest BCUT2D eigenvalue weighted by molar-refractivity contribution is -0.142. The molecule has 2 amide bonds. The maximum atomic E-state index is 12.6. The van der Waals surface area contributed by atoms with Gasteiger partial charge >= 0.3 is 5.97 Å². The molecule has 2 N–H and O–H groups in total. The van der Waals surface area contributed by atoms with Crippen LogP contribution < -0.4 is 10.6 Å². The van der Waals surface area contributed by atoms with Crippen LogP contribution in [0.15, 0.2) is 60.7 Å². The van der Waals surface area contributed by atoms with E-state index in [2.05, 4.69) is 10.6 Å². The zero-order valence-corrected chi connectivity index (χ0v) is 15.3. The van der Waals surface area contributed by atoms with E-state index in [0.29, 0.717) is 5.69 Å². The average molecular weight is 366 g/mol. The number of amides is 2. The molecule has 0 aromatic heterocycles. The van der Waals surface area contributed by atoms with Crippen LogP contribution in [0.3, 0.4) is 0 Å². The zero-order chi connectivity index (χ0) is 19.6. The fourth-order valence-corrected chi connectivity index (χ4v) is 2.48. The summed E-state index contributed by atoms with van der Waals surface area (Å²) in [7, 11) is 1.27. The van der Waals surface area contributed by atoms with Gasteiger partial charge in [0.05, 0.1) is 18.4 Å². The van der Waals surface area contributed by atoms with Crippen LogP contribution in [0.25, 0.3) is 6.08 Å². The highest BCUT2D eigenvalue weighted by Gasteiger charge is 2.22. The molecule has 27 heavy (non-hydrogen) atoms. The maximum absolute atomic E-state index is 12.6. The first-order valence-corrected chi connectivity index (χ1v) is 8.48. The van der Waals surface area contributed by atoms with Crippen molar-refractivity contribution in [1.82, 2.24) is 5.32 Å². The van der Waals surface area contributed by atoms with E-state index in [1.807, 2.05) is 36.4 Å². The second kappa shape index (κ2) is 9.91. The molecule has 0 saturated carbocycles. The molecule has 0 fully saturated rings. The van der Waals surface area contributed by atoms with Crippen molar-refractivity contribution in [2.45, 2.75) is 19.4 Å². The normalized spacial score (nSPS) is 11.6. The number of carbonyl (C=O) groups excluding carboxylic acids is 3. The minimum atomic E-state index is -0.840. The van der Waals surface area contributed by atoms with Gasteiger partial charge in [0.25, 0.3) is 5.91 Å². The molecule has 0 radical (unpaired) electrons. The number of esters is 1. The number of hydrogen-bond acceptors (Lipinski definition) is 4. The molecule has 6 nitrogen and oxygen atoms in total. The Bertz CT molecular complexity index is 831. The van der Waals surface area contributed by atoms with Gasteiger partial charge in [-0.2, -0.15) is 0 Å². The summed E-state index contributed by atoms with van der Waals surface area (Å²) in [6.45, 7) is 1.36. The highest BCUT2D eigenvalue weighted by atomic mass is 16.5. The Morgan fingerprint density at radius 1 is 1.04 bits per heavy atom. The summed E-state index contributed by atoms with van der Waals surface area (Å²) in [5.74, 6) is -1.30. The van der Waals surface area contributed by atoms with Crippen molar-refractivity contribution in [3.8, 4) is 0 Å². The van der Waals surface area contributed by atoms with Gasteiger partial charge in [-0.05, 0) is 24.1 Å². The van der Waals surface area contributed by atoms with E-state index in [1.54, 1.807) is 30.3 Å². The van der Waals surface area contributed by atoms with Gasteiger partial charge in [-0.1, -0.05) is 54.6 Å². The van der Waals surface area contributed by atoms with Crippen LogP contribution in [0.4, 0.5) is 5.69 Å². The first-order valence-electron chi connectivity index (χ1n) is 8.48. The minimum absolute atomic E-state index is 0.272. The number of anilines is 1. The number of nitrogens with one attached hydrogen (secondary N) is 2. The molecule has 0 aliphatic heterocycles. The van der Waals surface area contributed by atoms with Crippen LogP contribution in [-0.4, -0.2) is 30.9 Å². The lowest BCUT2D eigenvalue weighted by Gasteiger charge is -2.16. The summed E-state index contributed by atoms with van der Waals surface area (Å²) < 4.78 is 4.79. The number of para-hydroxylation sites is 1. The van der Waals surface area contributed by atoms with Gasteiger partial charge in [0.1, 0.15) is 6.04 Å². The van der Waals surface area contributed by atoms with Crippen LogP contribution in [0.5, 0.6) is 0 Å². The van der Waals surface area contributed by atoms with Crippen molar-refractivity contribution < 1.29 is 19.1 Å². The first kappa shape index (κ1) is 19.9. The van der Waals surface area contributed by atoms with Crippen molar-refractivity contribution >= 4 is 29.5 Å². The summed E-state index contributed by atoms with van der Waals surface area (Å²) in [5, 5.41) is 5.27. The van der Waals surface area contributed by atoms with E-state index in [4.69, 9.17) is 4.74 Å². The molecule has 2 aromatic carbocycles. The van der Waals surface area contributed by atoms with E-state index >= 15 is 0 Å². The van der Waals surface area contributed by atoms with E-state index in [9.17, 15) is 14.4 Å². The number of ether oxygens (including phenoxy) is 1. The van der Waals surface area contributed by atoms with Crippen LogP contribution >= 0.6 is 0 Å². The third-order valence-electron chi connectivity index (χ3n) is 3.76. The Balaban J connectivity index is 2.12. The van der Waals surface area contributed by atoms with E-state index in [1.165, 1.54) is 14.0 Å². The van der Waals surface area contributed by atoms with Gasteiger partial charge < -0.3 is 15.4 Å². The first-order chi connectivity index (χ1) is 13.0. The van der Waals surface area contributed by atoms with Gasteiger partial charge in [-0.25, -0.2) is 4.79 Å². The van der Waals surface area contributed by atoms with E-state index in [0.717, 1.165) is 5.56 Å². The van der Waals surface area contributed by atoms with Crippen molar-refractivity contribution in [2.24, 2.45) is 0 Å². The molecule has 1 atom stereocenters. The standard InChI is InChI=1S/C21H22N2O4/c1-15(24)22-18-13-7-6-12-17(18)20(25)23-19(21(26)27-2)14-8-11-16-9-4-3-5-10-16/h3-13,19H,14H2,1-2H3,(H,22,24)(H,23,25)/b11-8+/t19-/m0/s1. The van der Waals surface area contributed by atoms with Crippen molar-refractivity contribution in [2.75, 3.05) is 12.4 Å². The van der Waals surface area contributed by atoms with Gasteiger partial charge in [-0.15, -0.1) is 0 Å².